The van der Waals surface area contributed by atoms with E-state index in [1.165, 1.54) is 0 Å². The molecule has 3 aromatic rings. The zero-order chi connectivity index (χ0) is 25.2. The fraction of sp³-hybridized carbons (Fsp3) is 0.321. The van der Waals surface area contributed by atoms with E-state index in [9.17, 15) is 9.59 Å². The van der Waals surface area contributed by atoms with Crippen LogP contribution in [-0.2, 0) is 4.79 Å². The van der Waals surface area contributed by atoms with E-state index in [1.807, 2.05) is 59.5 Å². The fourth-order valence-corrected chi connectivity index (χ4v) is 5.29. The largest absolute Gasteiger partial charge is 0.493 e. The van der Waals surface area contributed by atoms with Crippen molar-refractivity contribution >= 4 is 17.6 Å². The Morgan fingerprint density at radius 3 is 2.33 bits per heavy atom. The highest BCUT2D eigenvalue weighted by Crippen LogP contribution is 2.44. The van der Waals surface area contributed by atoms with E-state index in [0.717, 1.165) is 16.9 Å². The predicted octanol–water partition coefficient (Wildman–Crippen LogP) is 3.36. The molecule has 1 aromatic heterocycles. The van der Waals surface area contributed by atoms with Crippen LogP contribution in [0.2, 0.25) is 0 Å². The minimum Gasteiger partial charge on any atom is -0.493 e. The summed E-state index contributed by atoms with van der Waals surface area (Å²) in [5.74, 6) is 1.45. The maximum Gasteiger partial charge on any atom is 0.254 e. The van der Waals surface area contributed by atoms with Gasteiger partial charge in [-0.1, -0.05) is 30.3 Å². The molecule has 0 saturated carbocycles. The average Bonchev–Trinajstić information content (AvgIpc) is 2.94. The highest BCUT2D eigenvalue weighted by molar-refractivity contribution is 6.01. The molecule has 36 heavy (non-hydrogen) atoms. The van der Waals surface area contributed by atoms with Gasteiger partial charge in [0.05, 0.1) is 26.2 Å². The Labute approximate surface area is 211 Å². The van der Waals surface area contributed by atoms with Crippen molar-refractivity contribution in [2.45, 2.75) is 12.0 Å². The third kappa shape index (κ3) is 4.12. The van der Waals surface area contributed by atoms with Gasteiger partial charge in [-0.3, -0.25) is 9.59 Å². The molecule has 3 heterocycles. The number of carbonyl (C=O) groups is 2. The van der Waals surface area contributed by atoms with Gasteiger partial charge in [0.15, 0.2) is 11.5 Å². The van der Waals surface area contributed by atoms with Gasteiger partial charge in [0.2, 0.25) is 5.91 Å². The van der Waals surface area contributed by atoms with Crippen molar-refractivity contribution in [1.82, 2.24) is 14.8 Å². The van der Waals surface area contributed by atoms with E-state index in [-0.39, 0.29) is 11.8 Å². The Morgan fingerprint density at radius 1 is 0.917 bits per heavy atom. The Hall–Kier alpha value is -4.07. The summed E-state index contributed by atoms with van der Waals surface area (Å²) in [5, 5.41) is 0. The summed E-state index contributed by atoms with van der Waals surface area (Å²) >= 11 is 0. The highest BCUT2D eigenvalue weighted by atomic mass is 16.5. The second kappa shape index (κ2) is 9.89. The zero-order valence-corrected chi connectivity index (χ0v) is 20.8. The summed E-state index contributed by atoms with van der Waals surface area (Å²) in [6.45, 7) is 2.58. The molecule has 0 radical (unpaired) electrons. The van der Waals surface area contributed by atoms with Crippen LogP contribution in [0.4, 0.5) is 5.82 Å². The van der Waals surface area contributed by atoms with Gasteiger partial charge in [0.1, 0.15) is 5.82 Å². The number of aromatic nitrogens is 1. The van der Waals surface area contributed by atoms with E-state index in [0.29, 0.717) is 43.2 Å². The Morgan fingerprint density at radius 2 is 1.64 bits per heavy atom. The van der Waals surface area contributed by atoms with Crippen LogP contribution in [0.25, 0.3) is 0 Å². The Bertz CT molecular complexity index is 1260. The van der Waals surface area contributed by atoms with Crippen LogP contribution < -0.4 is 14.4 Å². The first-order chi connectivity index (χ1) is 17.5. The number of anilines is 1. The molecule has 0 spiro atoms. The highest BCUT2D eigenvalue weighted by Gasteiger charge is 2.44. The summed E-state index contributed by atoms with van der Waals surface area (Å²) in [7, 11) is 4.93. The van der Waals surface area contributed by atoms with E-state index >= 15 is 0 Å². The molecule has 2 aliphatic rings. The molecule has 0 bridgehead atoms. The Balaban J connectivity index is 1.49. The van der Waals surface area contributed by atoms with E-state index in [4.69, 9.17) is 9.47 Å². The predicted molar refractivity (Wildman–Crippen MR) is 137 cm³/mol. The number of hydrogen-bond donors (Lipinski definition) is 0. The standard InChI is InChI=1S/C28H30N4O4/c1-30-26(19-11-12-22(35-2)23(18-19)36-3)25(20-8-4-5-9-21(20)27(30)33)28(34)32-16-14-31(15-17-32)24-10-6-7-13-29-24/h4-13,18,25-26H,14-17H2,1-3H3/t25-,26-/m1/s1. The van der Waals surface area contributed by atoms with Crippen LogP contribution in [0.15, 0.2) is 66.9 Å². The average molecular weight is 487 g/mol. The van der Waals surface area contributed by atoms with Crippen LogP contribution in [-0.4, -0.2) is 74.0 Å². The van der Waals surface area contributed by atoms with Gasteiger partial charge < -0.3 is 24.2 Å². The van der Waals surface area contributed by atoms with Gasteiger partial charge in [-0.2, -0.15) is 0 Å². The van der Waals surface area contributed by atoms with Gasteiger partial charge in [-0.05, 0) is 41.5 Å². The van der Waals surface area contributed by atoms with Gasteiger partial charge in [-0.15, -0.1) is 0 Å². The third-order valence-electron chi connectivity index (χ3n) is 7.16. The first-order valence-corrected chi connectivity index (χ1v) is 12.1. The number of amides is 2. The van der Waals surface area contributed by atoms with E-state index in [1.54, 1.807) is 38.4 Å². The summed E-state index contributed by atoms with van der Waals surface area (Å²) in [6, 6.07) is 18.4. The first kappa shape index (κ1) is 23.7. The second-order valence-electron chi connectivity index (χ2n) is 9.04. The molecular weight excluding hydrogens is 456 g/mol. The van der Waals surface area contributed by atoms with Crippen molar-refractivity contribution in [3.63, 3.8) is 0 Å². The number of rotatable bonds is 5. The molecule has 2 aromatic carbocycles. The third-order valence-corrected chi connectivity index (χ3v) is 7.16. The SMILES string of the molecule is COc1ccc([C@@H]2[C@H](C(=O)N3CCN(c4ccccn4)CC3)c3ccccc3C(=O)N2C)cc1OC. The zero-order valence-electron chi connectivity index (χ0n) is 20.8. The lowest BCUT2D eigenvalue weighted by Crippen LogP contribution is -2.53. The molecule has 8 heteroatoms. The van der Waals surface area contributed by atoms with Crippen LogP contribution >= 0.6 is 0 Å². The lowest BCUT2D eigenvalue weighted by atomic mass is 9.79. The van der Waals surface area contributed by atoms with Gasteiger partial charge in [-0.25, -0.2) is 4.98 Å². The van der Waals surface area contributed by atoms with Crippen molar-refractivity contribution in [1.29, 1.82) is 0 Å². The van der Waals surface area contributed by atoms with Gasteiger partial charge in [0, 0.05) is 45.0 Å². The number of nitrogens with zero attached hydrogens (tertiary/aromatic N) is 4. The van der Waals surface area contributed by atoms with E-state index in [2.05, 4.69) is 9.88 Å². The number of piperazine rings is 1. The number of carbonyl (C=O) groups excluding carboxylic acids is 2. The molecule has 5 rings (SSSR count). The van der Waals surface area contributed by atoms with Crippen molar-refractivity contribution in [2.75, 3.05) is 52.3 Å². The van der Waals surface area contributed by atoms with Crippen molar-refractivity contribution in [3.8, 4) is 11.5 Å². The quantitative estimate of drug-likeness (QED) is 0.551. The molecule has 0 N–H and O–H groups in total. The van der Waals surface area contributed by atoms with Gasteiger partial charge in [0.25, 0.3) is 5.91 Å². The minimum atomic E-state index is -0.539. The smallest absolute Gasteiger partial charge is 0.254 e. The number of fused-ring (bicyclic) bond motifs is 1. The molecule has 2 amide bonds. The summed E-state index contributed by atoms with van der Waals surface area (Å²) < 4.78 is 10.9. The lowest BCUT2D eigenvalue weighted by Gasteiger charge is -2.43. The van der Waals surface area contributed by atoms with Crippen LogP contribution in [0, 0.1) is 0 Å². The molecular formula is C28H30N4O4. The maximum absolute atomic E-state index is 14.2. The van der Waals surface area contributed by atoms with Crippen molar-refractivity contribution in [3.05, 3.63) is 83.6 Å². The number of benzene rings is 2. The van der Waals surface area contributed by atoms with Crippen molar-refractivity contribution in [2.24, 2.45) is 0 Å². The van der Waals surface area contributed by atoms with Gasteiger partial charge >= 0.3 is 0 Å². The van der Waals surface area contributed by atoms with Crippen molar-refractivity contribution < 1.29 is 19.1 Å². The summed E-state index contributed by atoms with van der Waals surface area (Å²) in [6.07, 6.45) is 1.78. The summed E-state index contributed by atoms with van der Waals surface area (Å²) in [5.41, 5.74) is 2.16. The van der Waals surface area contributed by atoms with E-state index < -0.39 is 12.0 Å². The second-order valence-corrected chi connectivity index (χ2v) is 9.04. The minimum absolute atomic E-state index is 0.0160. The summed E-state index contributed by atoms with van der Waals surface area (Å²) in [4.78, 5) is 37.8. The Kier molecular flexibility index (Phi) is 6.50. The monoisotopic (exact) mass is 486 g/mol. The normalized spacial score (nSPS) is 19.6. The van der Waals surface area contributed by atoms with Crippen LogP contribution in [0.1, 0.15) is 33.4 Å². The lowest BCUT2D eigenvalue weighted by molar-refractivity contribution is -0.134. The topological polar surface area (TPSA) is 75.2 Å². The molecule has 1 fully saturated rings. The molecule has 186 valence electrons. The number of ether oxygens (including phenoxy) is 2. The van der Waals surface area contributed by atoms with Crippen LogP contribution in [0.5, 0.6) is 11.5 Å². The molecule has 2 atom stereocenters. The van der Waals surface area contributed by atoms with Crippen LogP contribution in [0.3, 0.4) is 0 Å². The maximum atomic E-state index is 14.2. The molecule has 0 aliphatic carbocycles. The fourth-order valence-electron chi connectivity index (χ4n) is 5.29. The molecule has 8 nitrogen and oxygen atoms in total. The molecule has 2 aliphatic heterocycles. The number of pyridine rings is 1. The molecule has 1 saturated heterocycles. The number of hydrogen-bond acceptors (Lipinski definition) is 6. The number of methoxy groups -OCH3 is 2. The molecule has 0 unspecified atom stereocenters. The number of likely N-dealkylation sites (N-methyl/N-ethyl adjacent to an activating group) is 1. The first-order valence-electron chi connectivity index (χ1n) is 12.1.